The molecule has 0 atom stereocenters. The molecule has 1 aromatic rings. The fraction of sp³-hybridized carbons (Fsp3) is 0.143. The number of rotatable bonds is 3. The van der Waals surface area contributed by atoms with Crippen LogP contribution in [-0.4, -0.2) is 18.6 Å². The van der Waals surface area contributed by atoms with Crippen molar-refractivity contribution in [2.24, 2.45) is 16.5 Å². The van der Waals surface area contributed by atoms with E-state index >= 15 is 0 Å². The highest BCUT2D eigenvalue weighted by Crippen LogP contribution is 2.17. The first-order chi connectivity index (χ1) is 9.13. The van der Waals surface area contributed by atoms with Crippen LogP contribution in [0.4, 0.5) is 5.69 Å². The molecule has 0 unspecified atom stereocenters. The first-order valence-electron chi connectivity index (χ1n) is 5.79. The lowest BCUT2D eigenvalue weighted by molar-refractivity contribution is -0.114. The Morgan fingerprint density at radius 1 is 1.21 bits per heavy atom. The Hall–Kier alpha value is -2.40. The van der Waals surface area contributed by atoms with Gasteiger partial charge in [0.05, 0.1) is 24.2 Å². The van der Waals surface area contributed by atoms with Gasteiger partial charge in [-0.2, -0.15) is 0 Å². The summed E-state index contributed by atoms with van der Waals surface area (Å²) in [6.45, 7) is 0.487. The van der Waals surface area contributed by atoms with Gasteiger partial charge in [0.2, 0.25) is 5.78 Å². The Bertz CT molecular complexity index is 583. The maximum absolute atomic E-state index is 11.5. The van der Waals surface area contributed by atoms with E-state index in [2.05, 4.69) is 4.99 Å². The Morgan fingerprint density at radius 2 is 1.89 bits per heavy atom. The molecule has 1 aliphatic carbocycles. The average molecular weight is 257 g/mol. The van der Waals surface area contributed by atoms with Crippen molar-refractivity contribution in [3.05, 3.63) is 53.4 Å². The van der Waals surface area contributed by atoms with Crippen LogP contribution in [0.3, 0.4) is 0 Å². The molecule has 0 fully saturated rings. The number of methoxy groups -OCH3 is 1. The van der Waals surface area contributed by atoms with Crippen molar-refractivity contribution >= 4 is 17.2 Å². The minimum absolute atomic E-state index is 0.228. The quantitative estimate of drug-likeness (QED) is 0.795. The number of ketones is 1. The van der Waals surface area contributed by atoms with Gasteiger partial charge in [-0.25, -0.2) is 4.99 Å². The zero-order valence-corrected chi connectivity index (χ0v) is 10.6. The number of ether oxygens (including phenoxy) is 1. The number of benzene rings is 1. The molecule has 5 heteroatoms. The maximum atomic E-state index is 11.5. The van der Waals surface area contributed by atoms with E-state index in [-0.39, 0.29) is 11.5 Å². The van der Waals surface area contributed by atoms with Crippen molar-refractivity contribution in [1.29, 1.82) is 0 Å². The second kappa shape index (κ2) is 5.49. The third-order valence-electron chi connectivity index (χ3n) is 2.73. The lowest BCUT2D eigenvalue weighted by Gasteiger charge is -2.11. The fourth-order valence-electron chi connectivity index (χ4n) is 1.67. The van der Waals surface area contributed by atoms with Crippen molar-refractivity contribution in [3.63, 3.8) is 0 Å². The maximum Gasteiger partial charge on any atom is 0.222 e. The van der Waals surface area contributed by atoms with E-state index in [4.69, 9.17) is 16.2 Å². The SMILES string of the molecule is COC1=CC(=Nc2ccc(CN)cc2)C(N)=CC1=O. The number of hydrogen-bond donors (Lipinski definition) is 2. The van der Waals surface area contributed by atoms with Gasteiger partial charge in [0.1, 0.15) is 0 Å². The molecule has 1 aromatic carbocycles. The second-order valence-corrected chi connectivity index (χ2v) is 4.04. The summed E-state index contributed by atoms with van der Waals surface area (Å²) in [6, 6.07) is 7.49. The summed E-state index contributed by atoms with van der Waals surface area (Å²) in [5, 5.41) is 0. The molecule has 0 heterocycles. The Labute approximate surface area is 111 Å². The highest BCUT2D eigenvalue weighted by molar-refractivity contribution is 6.21. The van der Waals surface area contributed by atoms with Crippen LogP contribution in [0, 0.1) is 0 Å². The van der Waals surface area contributed by atoms with Gasteiger partial charge in [-0.15, -0.1) is 0 Å². The highest BCUT2D eigenvalue weighted by atomic mass is 16.5. The van der Waals surface area contributed by atoms with E-state index in [1.54, 1.807) is 0 Å². The van der Waals surface area contributed by atoms with Crippen molar-refractivity contribution < 1.29 is 9.53 Å². The first-order valence-corrected chi connectivity index (χ1v) is 5.79. The van der Waals surface area contributed by atoms with Gasteiger partial charge < -0.3 is 16.2 Å². The molecule has 1 aliphatic rings. The van der Waals surface area contributed by atoms with Crippen LogP contribution >= 0.6 is 0 Å². The van der Waals surface area contributed by atoms with Crippen molar-refractivity contribution in [2.45, 2.75) is 6.54 Å². The van der Waals surface area contributed by atoms with Crippen LogP contribution in [0.15, 0.2) is 52.9 Å². The highest BCUT2D eigenvalue weighted by Gasteiger charge is 2.17. The lowest BCUT2D eigenvalue weighted by Crippen LogP contribution is -2.19. The van der Waals surface area contributed by atoms with Crippen LogP contribution in [0.2, 0.25) is 0 Å². The van der Waals surface area contributed by atoms with Crippen LogP contribution in [0.5, 0.6) is 0 Å². The molecule has 0 amide bonds. The van der Waals surface area contributed by atoms with Gasteiger partial charge in [0.25, 0.3) is 0 Å². The standard InChI is InChI=1S/C14H15N3O2/c1-19-14-7-12(11(16)6-13(14)18)17-10-4-2-9(8-15)3-5-10/h2-7H,8,15-16H2,1H3. The lowest BCUT2D eigenvalue weighted by atomic mass is 10.1. The number of carbonyl (C=O) groups is 1. The molecule has 0 aliphatic heterocycles. The molecule has 0 aromatic heterocycles. The van der Waals surface area contributed by atoms with Gasteiger partial charge in [-0.1, -0.05) is 12.1 Å². The molecule has 0 spiro atoms. The van der Waals surface area contributed by atoms with Gasteiger partial charge in [-0.3, -0.25) is 4.79 Å². The molecular weight excluding hydrogens is 242 g/mol. The van der Waals surface area contributed by atoms with Crippen LogP contribution in [0.1, 0.15) is 5.56 Å². The topological polar surface area (TPSA) is 90.7 Å². The number of aliphatic imine (C=N–C) groups is 1. The summed E-state index contributed by atoms with van der Waals surface area (Å²) < 4.78 is 4.97. The number of allylic oxidation sites excluding steroid dienone is 2. The summed E-state index contributed by atoms with van der Waals surface area (Å²) in [5.74, 6) is -0.0241. The molecule has 2 rings (SSSR count). The number of nitrogens with two attached hydrogens (primary N) is 2. The smallest absolute Gasteiger partial charge is 0.222 e. The van der Waals surface area contributed by atoms with Gasteiger partial charge in [0.15, 0.2) is 5.76 Å². The van der Waals surface area contributed by atoms with E-state index in [1.807, 2.05) is 24.3 Å². The molecule has 0 bridgehead atoms. The largest absolute Gasteiger partial charge is 0.493 e. The first kappa shape index (κ1) is 13.0. The fourth-order valence-corrected chi connectivity index (χ4v) is 1.67. The monoisotopic (exact) mass is 257 g/mol. The zero-order chi connectivity index (χ0) is 13.8. The predicted molar refractivity (Wildman–Crippen MR) is 73.8 cm³/mol. The van der Waals surface area contributed by atoms with Crippen LogP contribution < -0.4 is 11.5 Å². The minimum Gasteiger partial charge on any atom is -0.493 e. The normalized spacial score (nSPS) is 17.2. The molecule has 4 N–H and O–H groups in total. The third-order valence-corrected chi connectivity index (χ3v) is 2.73. The number of nitrogens with zero attached hydrogens (tertiary/aromatic N) is 1. The van der Waals surface area contributed by atoms with Gasteiger partial charge >= 0.3 is 0 Å². The van der Waals surface area contributed by atoms with E-state index in [0.29, 0.717) is 18.0 Å². The Kier molecular flexibility index (Phi) is 3.77. The Balaban J connectivity index is 2.33. The summed E-state index contributed by atoms with van der Waals surface area (Å²) >= 11 is 0. The summed E-state index contributed by atoms with van der Waals surface area (Å²) in [7, 11) is 1.44. The van der Waals surface area contributed by atoms with Crippen LogP contribution in [0.25, 0.3) is 0 Å². The predicted octanol–water partition coefficient (Wildman–Crippen LogP) is 1.17. The number of hydrogen-bond acceptors (Lipinski definition) is 5. The van der Waals surface area contributed by atoms with E-state index < -0.39 is 0 Å². The molecule has 0 saturated heterocycles. The minimum atomic E-state index is -0.252. The van der Waals surface area contributed by atoms with E-state index in [0.717, 1.165) is 11.3 Å². The van der Waals surface area contributed by atoms with Crippen LogP contribution in [-0.2, 0) is 16.1 Å². The summed E-state index contributed by atoms with van der Waals surface area (Å²) in [6.07, 6.45) is 2.85. The van der Waals surface area contributed by atoms with Crippen molar-refractivity contribution in [3.8, 4) is 0 Å². The second-order valence-electron chi connectivity index (χ2n) is 4.04. The average Bonchev–Trinajstić information content (AvgIpc) is 2.42. The van der Waals surface area contributed by atoms with Crippen molar-refractivity contribution in [1.82, 2.24) is 0 Å². The Morgan fingerprint density at radius 3 is 2.47 bits per heavy atom. The molecule has 5 nitrogen and oxygen atoms in total. The molecule has 0 saturated carbocycles. The van der Waals surface area contributed by atoms with Crippen molar-refractivity contribution in [2.75, 3.05) is 7.11 Å². The van der Waals surface area contributed by atoms with E-state index in [1.165, 1.54) is 19.3 Å². The zero-order valence-electron chi connectivity index (χ0n) is 10.6. The van der Waals surface area contributed by atoms with Gasteiger partial charge in [-0.05, 0) is 17.7 Å². The summed E-state index contributed by atoms with van der Waals surface area (Å²) in [4.78, 5) is 15.9. The molecular formula is C14H15N3O2. The molecule has 0 radical (unpaired) electrons. The molecule has 98 valence electrons. The third kappa shape index (κ3) is 2.89. The van der Waals surface area contributed by atoms with Gasteiger partial charge in [0, 0.05) is 18.7 Å². The summed E-state index contributed by atoms with van der Waals surface area (Å²) in [5.41, 5.74) is 13.9. The number of carbonyl (C=O) groups excluding carboxylic acids is 1. The van der Waals surface area contributed by atoms with E-state index in [9.17, 15) is 4.79 Å². The molecule has 19 heavy (non-hydrogen) atoms.